The SMILES string of the molecule is CN=C(NCCCNC(=O)c1ccccc1)N(C)CC1CCOC1.I. The number of carbonyl (C=O) groups is 1. The van der Waals surface area contributed by atoms with Gasteiger partial charge in [0.15, 0.2) is 5.96 Å². The molecule has 1 amide bonds. The van der Waals surface area contributed by atoms with E-state index < -0.39 is 0 Å². The molecule has 0 saturated carbocycles. The monoisotopic (exact) mass is 460 g/mol. The minimum atomic E-state index is -0.0293. The summed E-state index contributed by atoms with van der Waals surface area (Å²) in [5.74, 6) is 1.44. The third-order valence-electron chi connectivity index (χ3n) is 4.09. The highest BCUT2D eigenvalue weighted by atomic mass is 127. The fourth-order valence-corrected chi connectivity index (χ4v) is 2.77. The number of ether oxygens (including phenoxy) is 1. The van der Waals surface area contributed by atoms with Crippen LogP contribution in [0.15, 0.2) is 35.3 Å². The van der Waals surface area contributed by atoms with Crippen molar-refractivity contribution in [1.82, 2.24) is 15.5 Å². The molecule has 25 heavy (non-hydrogen) atoms. The molecule has 0 spiro atoms. The Balaban J connectivity index is 0.00000312. The molecule has 1 aliphatic rings. The molecule has 1 heterocycles. The molecular formula is C18H29IN4O2. The van der Waals surface area contributed by atoms with E-state index in [1.54, 1.807) is 7.05 Å². The van der Waals surface area contributed by atoms with Crippen molar-refractivity contribution in [2.45, 2.75) is 12.8 Å². The maximum atomic E-state index is 11.9. The van der Waals surface area contributed by atoms with E-state index >= 15 is 0 Å². The normalized spacial score (nSPS) is 16.9. The summed E-state index contributed by atoms with van der Waals surface area (Å²) in [5.41, 5.74) is 0.694. The molecule has 7 heteroatoms. The summed E-state index contributed by atoms with van der Waals surface area (Å²) in [5, 5.41) is 6.27. The van der Waals surface area contributed by atoms with Crippen molar-refractivity contribution in [3.05, 3.63) is 35.9 Å². The second kappa shape index (κ2) is 12.1. The van der Waals surface area contributed by atoms with Crippen LogP contribution < -0.4 is 10.6 Å². The Hall–Kier alpha value is -1.35. The van der Waals surface area contributed by atoms with Crippen molar-refractivity contribution in [1.29, 1.82) is 0 Å². The van der Waals surface area contributed by atoms with Gasteiger partial charge in [-0.05, 0) is 25.0 Å². The summed E-state index contributed by atoms with van der Waals surface area (Å²) in [4.78, 5) is 18.4. The van der Waals surface area contributed by atoms with Gasteiger partial charge in [-0.15, -0.1) is 24.0 Å². The predicted molar refractivity (Wildman–Crippen MR) is 112 cm³/mol. The van der Waals surface area contributed by atoms with E-state index in [1.807, 2.05) is 37.4 Å². The molecule has 0 aliphatic carbocycles. The maximum Gasteiger partial charge on any atom is 0.251 e. The average molecular weight is 460 g/mol. The van der Waals surface area contributed by atoms with Gasteiger partial charge in [0, 0.05) is 51.8 Å². The smallest absolute Gasteiger partial charge is 0.251 e. The summed E-state index contributed by atoms with van der Waals surface area (Å²) < 4.78 is 5.42. The van der Waals surface area contributed by atoms with Gasteiger partial charge in [0.05, 0.1) is 6.61 Å². The topological polar surface area (TPSA) is 66.0 Å². The van der Waals surface area contributed by atoms with Crippen molar-refractivity contribution in [3.8, 4) is 0 Å². The fraction of sp³-hybridized carbons (Fsp3) is 0.556. The lowest BCUT2D eigenvalue weighted by Gasteiger charge is -2.24. The second-order valence-electron chi connectivity index (χ2n) is 6.06. The standard InChI is InChI=1S/C18H28N4O2.HI/c1-19-18(22(2)13-15-9-12-24-14-15)21-11-6-10-20-17(23)16-7-4-3-5-8-16;/h3-5,7-8,15H,6,9-14H2,1-2H3,(H,19,21)(H,20,23);1H. The summed E-state index contributed by atoms with van der Waals surface area (Å²) in [6, 6.07) is 9.27. The minimum Gasteiger partial charge on any atom is -0.381 e. The van der Waals surface area contributed by atoms with Gasteiger partial charge in [-0.1, -0.05) is 18.2 Å². The number of aliphatic imine (C=N–C) groups is 1. The van der Waals surface area contributed by atoms with E-state index in [9.17, 15) is 4.79 Å². The molecule has 0 aromatic heterocycles. The van der Waals surface area contributed by atoms with Gasteiger partial charge >= 0.3 is 0 Å². The molecule has 1 aromatic rings. The Bertz CT molecular complexity index is 533. The van der Waals surface area contributed by atoms with E-state index in [0.29, 0.717) is 18.0 Å². The third-order valence-corrected chi connectivity index (χ3v) is 4.09. The second-order valence-corrected chi connectivity index (χ2v) is 6.06. The number of hydrogen-bond donors (Lipinski definition) is 2. The van der Waals surface area contributed by atoms with Crippen LogP contribution >= 0.6 is 24.0 Å². The highest BCUT2D eigenvalue weighted by Gasteiger charge is 2.18. The summed E-state index contributed by atoms with van der Waals surface area (Å²) >= 11 is 0. The van der Waals surface area contributed by atoms with Crippen LogP contribution in [-0.4, -0.2) is 63.7 Å². The summed E-state index contributed by atoms with van der Waals surface area (Å²) in [6.07, 6.45) is 1.96. The first-order valence-electron chi connectivity index (χ1n) is 8.53. The first-order valence-corrected chi connectivity index (χ1v) is 8.53. The van der Waals surface area contributed by atoms with Gasteiger partial charge < -0.3 is 20.3 Å². The van der Waals surface area contributed by atoms with Crippen LogP contribution in [0, 0.1) is 5.92 Å². The zero-order valence-corrected chi connectivity index (χ0v) is 17.4. The van der Waals surface area contributed by atoms with E-state index in [2.05, 4.69) is 20.5 Å². The van der Waals surface area contributed by atoms with Gasteiger partial charge in [-0.3, -0.25) is 9.79 Å². The molecule has 0 radical (unpaired) electrons. The van der Waals surface area contributed by atoms with Crippen molar-refractivity contribution < 1.29 is 9.53 Å². The van der Waals surface area contributed by atoms with Gasteiger partial charge in [-0.25, -0.2) is 0 Å². The van der Waals surface area contributed by atoms with Crippen molar-refractivity contribution in [2.75, 3.05) is 46.9 Å². The summed E-state index contributed by atoms with van der Waals surface area (Å²) in [7, 11) is 3.84. The lowest BCUT2D eigenvalue weighted by molar-refractivity contribution is 0.0953. The lowest BCUT2D eigenvalue weighted by Crippen LogP contribution is -2.42. The quantitative estimate of drug-likeness (QED) is 0.283. The average Bonchev–Trinajstić information content (AvgIpc) is 3.11. The van der Waals surface area contributed by atoms with Crippen molar-refractivity contribution in [2.24, 2.45) is 10.9 Å². The van der Waals surface area contributed by atoms with E-state index in [-0.39, 0.29) is 29.9 Å². The molecule has 2 rings (SSSR count). The molecule has 1 fully saturated rings. The fourth-order valence-electron chi connectivity index (χ4n) is 2.77. The van der Waals surface area contributed by atoms with Crippen LogP contribution in [0.3, 0.4) is 0 Å². The molecule has 140 valence electrons. The molecule has 1 saturated heterocycles. The number of nitrogens with zero attached hydrogens (tertiary/aromatic N) is 2. The Morgan fingerprint density at radius 1 is 1.28 bits per heavy atom. The van der Waals surface area contributed by atoms with Crippen LogP contribution in [0.5, 0.6) is 0 Å². The predicted octanol–water partition coefficient (Wildman–Crippen LogP) is 1.97. The first kappa shape index (κ1) is 21.7. The highest BCUT2D eigenvalue weighted by Crippen LogP contribution is 2.13. The Morgan fingerprint density at radius 2 is 2.00 bits per heavy atom. The lowest BCUT2D eigenvalue weighted by atomic mass is 10.1. The summed E-state index contributed by atoms with van der Waals surface area (Å²) in [6.45, 7) is 4.06. The van der Waals surface area contributed by atoms with Gasteiger partial charge in [0.25, 0.3) is 5.91 Å². The molecular weight excluding hydrogens is 431 g/mol. The van der Waals surface area contributed by atoms with Crippen LogP contribution in [0.4, 0.5) is 0 Å². The number of carbonyl (C=O) groups excluding carboxylic acids is 1. The largest absolute Gasteiger partial charge is 0.381 e. The molecule has 6 nitrogen and oxygen atoms in total. The molecule has 1 atom stereocenters. The Morgan fingerprint density at radius 3 is 2.64 bits per heavy atom. The van der Waals surface area contributed by atoms with Gasteiger partial charge in [-0.2, -0.15) is 0 Å². The Kier molecular flexibility index (Phi) is 10.5. The number of nitrogens with one attached hydrogen (secondary N) is 2. The van der Waals surface area contributed by atoms with Crippen LogP contribution in [0.1, 0.15) is 23.2 Å². The molecule has 1 aromatic carbocycles. The number of benzene rings is 1. The van der Waals surface area contributed by atoms with E-state index in [4.69, 9.17) is 4.74 Å². The molecule has 1 aliphatic heterocycles. The zero-order valence-electron chi connectivity index (χ0n) is 15.0. The third kappa shape index (κ3) is 7.60. The van der Waals surface area contributed by atoms with Crippen LogP contribution in [0.25, 0.3) is 0 Å². The number of amides is 1. The number of halogens is 1. The van der Waals surface area contributed by atoms with Gasteiger partial charge in [0.1, 0.15) is 0 Å². The van der Waals surface area contributed by atoms with E-state index in [1.165, 1.54) is 0 Å². The minimum absolute atomic E-state index is 0. The van der Waals surface area contributed by atoms with E-state index in [0.717, 1.165) is 45.1 Å². The van der Waals surface area contributed by atoms with Crippen molar-refractivity contribution >= 4 is 35.8 Å². The molecule has 0 bridgehead atoms. The first-order chi connectivity index (χ1) is 11.7. The highest BCUT2D eigenvalue weighted by molar-refractivity contribution is 14.0. The van der Waals surface area contributed by atoms with Crippen molar-refractivity contribution in [3.63, 3.8) is 0 Å². The van der Waals surface area contributed by atoms with Crippen LogP contribution in [0.2, 0.25) is 0 Å². The molecule has 1 unspecified atom stereocenters. The number of guanidine groups is 1. The number of rotatable bonds is 7. The van der Waals surface area contributed by atoms with Crippen LogP contribution in [-0.2, 0) is 4.74 Å². The number of hydrogen-bond acceptors (Lipinski definition) is 3. The Labute approximate surface area is 167 Å². The molecule has 2 N–H and O–H groups in total. The maximum absolute atomic E-state index is 11.9. The van der Waals surface area contributed by atoms with Gasteiger partial charge in [0.2, 0.25) is 0 Å². The zero-order chi connectivity index (χ0) is 17.2.